The van der Waals surface area contributed by atoms with Crippen LogP contribution in [0.3, 0.4) is 0 Å². The zero-order chi connectivity index (χ0) is 18.4. The van der Waals surface area contributed by atoms with Crippen LogP contribution in [0.15, 0.2) is 36.4 Å². The molecule has 0 aromatic heterocycles. The van der Waals surface area contributed by atoms with Gasteiger partial charge in [-0.15, -0.1) is 0 Å². The summed E-state index contributed by atoms with van der Waals surface area (Å²) < 4.78 is 16.1. The van der Waals surface area contributed by atoms with Crippen molar-refractivity contribution in [3.8, 4) is 17.2 Å². The summed E-state index contributed by atoms with van der Waals surface area (Å²) in [6.07, 6.45) is 0. The zero-order valence-corrected chi connectivity index (χ0v) is 15.5. The Morgan fingerprint density at radius 1 is 1.12 bits per heavy atom. The van der Waals surface area contributed by atoms with E-state index in [4.69, 9.17) is 25.8 Å². The number of nitrogens with one attached hydrogen (secondary N) is 1. The molecule has 134 valence electrons. The van der Waals surface area contributed by atoms with Crippen LogP contribution in [-0.2, 0) is 4.79 Å². The first-order valence-corrected chi connectivity index (χ1v) is 8.22. The molecule has 2 rings (SSSR count). The van der Waals surface area contributed by atoms with Gasteiger partial charge in [-0.25, -0.2) is 0 Å². The number of aryl methyl sites for hydroxylation is 1. The molecule has 1 N–H and O–H groups in total. The number of ether oxygens (including phenoxy) is 3. The number of amides is 1. The third-order valence-electron chi connectivity index (χ3n) is 3.73. The number of rotatable bonds is 7. The molecule has 5 nitrogen and oxygen atoms in total. The lowest BCUT2D eigenvalue weighted by molar-refractivity contribution is -0.123. The number of benzene rings is 2. The molecule has 0 saturated carbocycles. The van der Waals surface area contributed by atoms with Crippen LogP contribution < -0.4 is 19.5 Å². The molecule has 0 spiro atoms. The second kappa shape index (κ2) is 8.62. The number of halogens is 1. The van der Waals surface area contributed by atoms with Crippen LogP contribution in [0.5, 0.6) is 17.2 Å². The van der Waals surface area contributed by atoms with Gasteiger partial charge in [0, 0.05) is 5.56 Å². The van der Waals surface area contributed by atoms with E-state index < -0.39 is 0 Å². The number of hydrogen-bond acceptors (Lipinski definition) is 4. The summed E-state index contributed by atoms with van der Waals surface area (Å²) in [5, 5.41) is 3.36. The second-order valence-electron chi connectivity index (χ2n) is 5.62. The van der Waals surface area contributed by atoms with Gasteiger partial charge in [0.15, 0.2) is 6.61 Å². The van der Waals surface area contributed by atoms with Crippen molar-refractivity contribution in [1.82, 2.24) is 5.32 Å². The summed E-state index contributed by atoms with van der Waals surface area (Å²) in [6.45, 7) is 3.68. The molecular weight excluding hydrogens is 342 g/mol. The Balaban J connectivity index is 2.01. The smallest absolute Gasteiger partial charge is 0.258 e. The fourth-order valence-corrected chi connectivity index (χ4v) is 2.58. The van der Waals surface area contributed by atoms with E-state index in [0.29, 0.717) is 22.3 Å². The molecule has 1 atom stereocenters. The van der Waals surface area contributed by atoms with Crippen LogP contribution in [0.25, 0.3) is 0 Å². The lowest BCUT2D eigenvalue weighted by Crippen LogP contribution is -2.31. The van der Waals surface area contributed by atoms with Gasteiger partial charge in [-0.2, -0.15) is 0 Å². The van der Waals surface area contributed by atoms with Crippen molar-refractivity contribution >= 4 is 17.5 Å². The van der Waals surface area contributed by atoms with Crippen molar-refractivity contribution < 1.29 is 19.0 Å². The highest BCUT2D eigenvalue weighted by Gasteiger charge is 2.16. The van der Waals surface area contributed by atoms with E-state index in [1.165, 1.54) is 0 Å². The van der Waals surface area contributed by atoms with Crippen LogP contribution in [0.1, 0.15) is 24.1 Å². The molecule has 0 heterocycles. The first kappa shape index (κ1) is 18.9. The highest BCUT2D eigenvalue weighted by atomic mass is 35.5. The Morgan fingerprint density at radius 2 is 1.88 bits per heavy atom. The molecular formula is C19H22ClNO4. The topological polar surface area (TPSA) is 56.8 Å². The molecule has 0 aliphatic rings. The van der Waals surface area contributed by atoms with E-state index in [9.17, 15) is 4.79 Å². The average Bonchev–Trinajstić information content (AvgIpc) is 2.61. The van der Waals surface area contributed by atoms with Crippen molar-refractivity contribution in [2.24, 2.45) is 0 Å². The van der Waals surface area contributed by atoms with Crippen molar-refractivity contribution in [2.45, 2.75) is 19.9 Å². The lowest BCUT2D eigenvalue weighted by Gasteiger charge is -2.18. The van der Waals surface area contributed by atoms with Gasteiger partial charge in [0.2, 0.25) is 0 Å². The Labute approximate surface area is 152 Å². The van der Waals surface area contributed by atoms with Gasteiger partial charge in [-0.05, 0) is 49.7 Å². The van der Waals surface area contributed by atoms with Crippen LogP contribution >= 0.6 is 11.6 Å². The summed E-state index contributed by atoms with van der Waals surface area (Å²) in [5.74, 6) is 1.61. The van der Waals surface area contributed by atoms with E-state index in [2.05, 4.69) is 5.32 Å². The van der Waals surface area contributed by atoms with Crippen LogP contribution in [-0.4, -0.2) is 26.7 Å². The monoisotopic (exact) mass is 363 g/mol. The minimum atomic E-state index is -0.269. The van der Waals surface area contributed by atoms with Gasteiger partial charge < -0.3 is 19.5 Å². The first-order valence-electron chi connectivity index (χ1n) is 7.84. The molecule has 25 heavy (non-hydrogen) atoms. The minimum Gasteiger partial charge on any atom is -0.497 e. The Morgan fingerprint density at radius 3 is 2.56 bits per heavy atom. The second-order valence-corrected chi connectivity index (χ2v) is 6.03. The Kier molecular flexibility index (Phi) is 6.53. The Hall–Kier alpha value is -2.40. The van der Waals surface area contributed by atoms with Gasteiger partial charge >= 0.3 is 0 Å². The van der Waals surface area contributed by atoms with E-state index in [0.717, 1.165) is 11.1 Å². The van der Waals surface area contributed by atoms with Crippen LogP contribution in [0.4, 0.5) is 0 Å². The lowest BCUT2D eigenvalue weighted by atomic mass is 10.1. The molecule has 0 aliphatic carbocycles. The molecule has 0 fully saturated rings. The largest absolute Gasteiger partial charge is 0.497 e. The molecule has 1 amide bonds. The van der Waals surface area contributed by atoms with Crippen LogP contribution in [0.2, 0.25) is 5.02 Å². The molecule has 0 aliphatic heterocycles. The molecule has 2 aromatic rings. The SMILES string of the molecule is COc1ccc(OC)c([C@H](C)NC(=O)COc2cc(C)ccc2Cl)c1. The van der Waals surface area contributed by atoms with E-state index in [1.54, 1.807) is 38.5 Å². The summed E-state index contributed by atoms with van der Waals surface area (Å²) in [6, 6.07) is 10.6. The summed E-state index contributed by atoms with van der Waals surface area (Å²) in [4.78, 5) is 12.2. The molecule has 0 radical (unpaired) electrons. The molecule has 0 bridgehead atoms. The average molecular weight is 364 g/mol. The maximum absolute atomic E-state index is 12.2. The summed E-state index contributed by atoms with van der Waals surface area (Å²) in [7, 11) is 3.18. The van der Waals surface area contributed by atoms with E-state index in [-0.39, 0.29) is 18.6 Å². The fourth-order valence-electron chi connectivity index (χ4n) is 2.40. The van der Waals surface area contributed by atoms with Gasteiger partial charge in [-0.3, -0.25) is 4.79 Å². The first-order chi connectivity index (χ1) is 11.9. The highest BCUT2D eigenvalue weighted by Crippen LogP contribution is 2.29. The van der Waals surface area contributed by atoms with Crippen molar-refractivity contribution in [2.75, 3.05) is 20.8 Å². The summed E-state index contributed by atoms with van der Waals surface area (Å²) in [5.41, 5.74) is 1.83. The van der Waals surface area contributed by atoms with Gasteiger partial charge in [0.05, 0.1) is 25.3 Å². The normalized spacial score (nSPS) is 11.6. The summed E-state index contributed by atoms with van der Waals surface area (Å²) >= 11 is 6.07. The molecule has 2 aromatic carbocycles. The van der Waals surface area contributed by atoms with Gasteiger partial charge in [0.25, 0.3) is 5.91 Å². The van der Waals surface area contributed by atoms with E-state index in [1.807, 2.05) is 26.0 Å². The zero-order valence-electron chi connectivity index (χ0n) is 14.8. The predicted molar refractivity (Wildman–Crippen MR) is 97.8 cm³/mol. The number of methoxy groups -OCH3 is 2. The highest BCUT2D eigenvalue weighted by molar-refractivity contribution is 6.32. The van der Waals surface area contributed by atoms with Gasteiger partial charge in [0.1, 0.15) is 17.2 Å². The van der Waals surface area contributed by atoms with Crippen molar-refractivity contribution in [3.63, 3.8) is 0 Å². The number of carbonyl (C=O) groups is 1. The third-order valence-corrected chi connectivity index (χ3v) is 4.04. The van der Waals surface area contributed by atoms with Crippen LogP contribution in [0, 0.1) is 6.92 Å². The maximum atomic E-state index is 12.2. The van der Waals surface area contributed by atoms with Gasteiger partial charge in [-0.1, -0.05) is 17.7 Å². The minimum absolute atomic E-state index is 0.125. The molecule has 0 unspecified atom stereocenters. The predicted octanol–water partition coefficient (Wildman–Crippen LogP) is 3.92. The Bertz CT molecular complexity index is 748. The van der Waals surface area contributed by atoms with E-state index >= 15 is 0 Å². The quantitative estimate of drug-likeness (QED) is 0.810. The number of hydrogen-bond donors (Lipinski definition) is 1. The fraction of sp³-hybridized carbons (Fsp3) is 0.316. The molecule has 0 saturated heterocycles. The van der Waals surface area contributed by atoms with Crippen molar-refractivity contribution in [1.29, 1.82) is 0 Å². The standard InChI is InChI=1S/C19H22ClNO4/c1-12-5-7-16(20)18(9-12)25-11-19(22)21-13(2)15-10-14(23-3)6-8-17(15)24-4/h5-10,13H,11H2,1-4H3,(H,21,22)/t13-/m0/s1. The molecule has 6 heteroatoms. The number of carbonyl (C=O) groups excluding carboxylic acids is 1. The van der Waals surface area contributed by atoms with Crippen molar-refractivity contribution in [3.05, 3.63) is 52.5 Å². The third kappa shape index (κ3) is 5.03. The maximum Gasteiger partial charge on any atom is 0.258 e.